The van der Waals surface area contributed by atoms with Crippen molar-refractivity contribution in [1.29, 1.82) is 0 Å². The van der Waals surface area contributed by atoms with E-state index in [4.69, 9.17) is 16.7 Å². The van der Waals surface area contributed by atoms with Gasteiger partial charge in [-0.3, -0.25) is 14.3 Å². The van der Waals surface area contributed by atoms with Crippen molar-refractivity contribution in [3.63, 3.8) is 0 Å². The fraction of sp³-hybridized carbons (Fsp3) is 0.421. The number of nitrogens with zero attached hydrogens (tertiary/aromatic N) is 3. The number of halogens is 2. The molecule has 3 rings (SSSR count). The van der Waals surface area contributed by atoms with Crippen LogP contribution in [0.3, 0.4) is 0 Å². The predicted molar refractivity (Wildman–Crippen MR) is 104 cm³/mol. The Labute approximate surface area is 168 Å². The summed E-state index contributed by atoms with van der Waals surface area (Å²) in [7, 11) is 1.00. The summed E-state index contributed by atoms with van der Waals surface area (Å²) in [6.45, 7) is 4.58. The number of hydrogen-bond donors (Lipinski definition) is 2. The number of aliphatic hydroxyl groups is 1. The first-order valence-electron chi connectivity index (χ1n) is 8.88. The molecule has 1 atom stereocenters. The summed E-state index contributed by atoms with van der Waals surface area (Å²) in [6, 6.07) is 4.27. The molecule has 28 heavy (non-hydrogen) atoms. The van der Waals surface area contributed by atoms with Crippen LogP contribution in [0.2, 0.25) is 5.02 Å². The van der Waals surface area contributed by atoms with Gasteiger partial charge in [0.05, 0.1) is 11.9 Å². The summed E-state index contributed by atoms with van der Waals surface area (Å²) in [5.74, 6) is -1.83. The van der Waals surface area contributed by atoms with Gasteiger partial charge in [0, 0.05) is 37.5 Å². The van der Waals surface area contributed by atoms with Gasteiger partial charge < -0.3 is 15.3 Å². The van der Waals surface area contributed by atoms with E-state index in [0.29, 0.717) is 24.2 Å². The summed E-state index contributed by atoms with van der Waals surface area (Å²) in [6.07, 6.45) is 3.87. The lowest BCUT2D eigenvalue weighted by atomic mass is 10.1. The van der Waals surface area contributed by atoms with Crippen molar-refractivity contribution in [3.8, 4) is 0 Å². The number of aromatic nitrogens is 2. The molecule has 9 heteroatoms. The monoisotopic (exact) mass is 410 g/mol. The molecule has 0 aliphatic carbocycles. The largest absolute Gasteiger partial charge is 0.400 e. The van der Waals surface area contributed by atoms with Crippen molar-refractivity contribution >= 4 is 29.1 Å². The van der Waals surface area contributed by atoms with E-state index in [9.17, 15) is 14.0 Å². The fourth-order valence-electron chi connectivity index (χ4n) is 2.95. The van der Waals surface area contributed by atoms with Gasteiger partial charge in [0.25, 0.3) is 0 Å². The van der Waals surface area contributed by atoms with Crippen molar-refractivity contribution in [1.82, 2.24) is 15.1 Å². The van der Waals surface area contributed by atoms with Crippen molar-refractivity contribution < 1.29 is 19.1 Å². The quantitative estimate of drug-likeness (QED) is 0.741. The molecule has 152 valence electrons. The third-order valence-corrected chi connectivity index (χ3v) is 4.56. The minimum atomic E-state index is -0.749. The third-order valence-electron chi connectivity index (χ3n) is 4.34. The van der Waals surface area contributed by atoms with Crippen molar-refractivity contribution in [2.45, 2.75) is 32.9 Å². The van der Waals surface area contributed by atoms with Crippen LogP contribution in [0.25, 0.3) is 0 Å². The molecule has 0 spiro atoms. The first kappa shape index (κ1) is 21.8. The molecule has 2 aromatic rings. The van der Waals surface area contributed by atoms with Gasteiger partial charge in [-0.25, -0.2) is 4.39 Å². The predicted octanol–water partition coefficient (Wildman–Crippen LogP) is 2.53. The van der Waals surface area contributed by atoms with Crippen molar-refractivity contribution in [2.75, 3.05) is 18.6 Å². The zero-order chi connectivity index (χ0) is 20.8. The fourth-order valence-corrected chi connectivity index (χ4v) is 3.20. The van der Waals surface area contributed by atoms with Crippen molar-refractivity contribution in [2.24, 2.45) is 5.92 Å². The minimum absolute atomic E-state index is 0.116. The van der Waals surface area contributed by atoms with Crippen LogP contribution in [0.15, 0.2) is 30.6 Å². The molecule has 1 aliphatic heterocycles. The van der Waals surface area contributed by atoms with E-state index >= 15 is 0 Å². The van der Waals surface area contributed by atoms with E-state index in [1.54, 1.807) is 28.0 Å². The third kappa shape index (κ3) is 5.08. The highest BCUT2D eigenvalue weighted by molar-refractivity contribution is 6.30. The lowest BCUT2D eigenvalue weighted by Crippen LogP contribution is -2.36. The van der Waals surface area contributed by atoms with Crippen LogP contribution in [0.5, 0.6) is 0 Å². The second-order valence-corrected chi connectivity index (χ2v) is 7.04. The second kappa shape index (κ2) is 9.66. The Morgan fingerprint density at radius 2 is 2.11 bits per heavy atom. The maximum absolute atomic E-state index is 13.3. The van der Waals surface area contributed by atoms with Crippen LogP contribution in [-0.2, 0) is 16.1 Å². The standard InChI is InChI=1S/C18H20ClFN4O2.CH4O/c1-11(2)24-10-15(9-22-24)23-4-3-16(18(23)26)17(25)21-8-12-5-13(19)7-14(20)6-12;1-2/h5-7,9-11,16H,3-4,8H2,1-2H3,(H,21,25);2H,1H3. The van der Waals surface area contributed by atoms with Crippen LogP contribution in [0.4, 0.5) is 10.1 Å². The molecule has 1 aromatic heterocycles. The van der Waals surface area contributed by atoms with Crippen LogP contribution in [-0.4, -0.2) is 40.4 Å². The van der Waals surface area contributed by atoms with Gasteiger partial charge in [0.1, 0.15) is 11.7 Å². The number of hydrogen-bond acceptors (Lipinski definition) is 4. The van der Waals surface area contributed by atoms with Crippen molar-refractivity contribution in [3.05, 3.63) is 47.0 Å². The number of rotatable bonds is 5. The highest BCUT2D eigenvalue weighted by Gasteiger charge is 2.38. The maximum atomic E-state index is 13.3. The molecule has 0 radical (unpaired) electrons. The Kier molecular flexibility index (Phi) is 7.53. The number of carbonyl (C=O) groups is 2. The summed E-state index contributed by atoms with van der Waals surface area (Å²) >= 11 is 5.81. The van der Waals surface area contributed by atoms with Crippen LogP contribution in [0, 0.1) is 11.7 Å². The number of amides is 2. The molecule has 7 nitrogen and oxygen atoms in total. The van der Waals surface area contributed by atoms with E-state index in [2.05, 4.69) is 10.4 Å². The first-order valence-corrected chi connectivity index (χ1v) is 9.26. The van der Waals surface area contributed by atoms with Gasteiger partial charge in [-0.2, -0.15) is 5.10 Å². The average molecular weight is 411 g/mol. The van der Waals surface area contributed by atoms with Crippen LogP contribution >= 0.6 is 11.6 Å². The Hall–Kier alpha value is -2.45. The highest BCUT2D eigenvalue weighted by atomic mass is 35.5. The van der Waals surface area contributed by atoms with Crippen LogP contribution in [0.1, 0.15) is 31.9 Å². The number of nitrogens with one attached hydrogen (secondary N) is 1. The Morgan fingerprint density at radius 3 is 2.71 bits per heavy atom. The van der Waals surface area contributed by atoms with E-state index in [1.807, 2.05) is 13.8 Å². The molecule has 1 unspecified atom stereocenters. The minimum Gasteiger partial charge on any atom is -0.400 e. The number of anilines is 1. The summed E-state index contributed by atoms with van der Waals surface area (Å²) in [5, 5.41) is 14.2. The summed E-state index contributed by atoms with van der Waals surface area (Å²) in [4.78, 5) is 26.6. The van der Waals surface area contributed by atoms with Gasteiger partial charge in [0.15, 0.2) is 0 Å². The molecule has 0 bridgehead atoms. The molecule has 0 saturated carbocycles. The Morgan fingerprint density at radius 1 is 1.39 bits per heavy atom. The molecular weight excluding hydrogens is 387 g/mol. The molecule has 1 fully saturated rings. The highest BCUT2D eigenvalue weighted by Crippen LogP contribution is 2.26. The van der Waals surface area contributed by atoms with Gasteiger partial charge in [-0.15, -0.1) is 0 Å². The van der Waals surface area contributed by atoms with E-state index in [-0.39, 0.29) is 29.4 Å². The maximum Gasteiger partial charge on any atom is 0.239 e. The van der Waals surface area contributed by atoms with E-state index < -0.39 is 11.7 Å². The Balaban J connectivity index is 0.00000136. The lowest BCUT2D eigenvalue weighted by Gasteiger charge is -2.14. The molecule has 2 N–H and O–H groups in total. The number of benzene rings is 1. The SMILES string of the molecule is CC(C)n1cc(N2CCC(C(=O)NCc3cc(F)cc(Cl)c3)C2=O)cn1.CO. The number of carbonyl (C=O) groups excluding carboxylic acids is 2. The van der Waals surface area contributed by atoms with Gasteiger partial charge in [-0.1, -0.05) is 11.6 Å². The normalized spacial score (nSPS) is 16.2. The lowest BCUT2D eigenvalue weighted by molar-refractivity contribution is -0.132. The summed E-state index contributed by atoms with van der Waals surface area (Å²) in [5.41, 5.74) is 1.24. The van der Waals surface area contributed by atoms with Gasteiger partial charge >= 0.3 is 0 Å². The zero-order valence-corrected chi connectivity index (χ0v) is 16.8. The molecule has 1 saturated heterocycles. The van der Waals surface area contributed by atoms with Gasteiger partial charge in [-0.05, 0) is 44.0 Å². The smallest absolute Gasteiger partial charge is 0.239 e. The molecular formula is C19H24ClFN4O3. The molecule has 1 aromatic carbocycles. The average Bonchev–Trinajstić information content (AvgIpc) is 3.27. The van der Waals surface area contributed by atoms with E-state index in [1.165, 1.54) is 12.1 Å². The summed E-state index contributed by atoms with van der Waals surface area (Å²) < 4.78 is 15.1. The first-order chi connectivity index (χ1) is 13.3. The number of aliphatic hydroxyl groups excluding tert-OH is 1. The molecule has 2 amide bonds. The topological polar surface area (TPSA) is 87.5 Å². The van der Waals surface area contributed by atoms with E-state index in [0.717, 1.165) is 7.11 Å². The molecule has 1 aliphatic rings. The van der Waals surface area contributed by atoms with Crippen LogP contribution < -0.4 is 10.2 Å². The molecule has 2 heterocycles. The zero-order valence-electron chi connectivity index (χ0n) is 16.0. The van der Waals surface area contributed by atoms with Gasteiger partial charge in [0.2, 0.25) is 11.8 Å². The second-order valence-electron chi connectivity index (χ2n) is 6.60. The Bertz CT molecular complexity index is 820.